The van der Waals surface area contributed by atoms with Gasteiger partial charge in [-0.15, -0.1) is 11.6 Å². The summed E-state index contributed by atoms with van der Waals surface area (Å²) < 4.78 is 23.8. The molecular weight excluding hydrogens is 268 g/mol. The van der Waals surface area contributed by atoms with Gasteiger partial charge in [0.05, 0.1) is 4.92 Å². The molecule has 0 N–H and O–H groups in total. The number of hydrogen-bond acceptors (Lipinski definition) is 4. The van der Waals surface area contributed by atoms with E-state index in [1.165, 1.54) is 25.2 Å². The molecule has 0 fully saturated rings. The molecule has 0 spiro atoms. The molecule has 94 valence electrons. The molecule has 0 aromatic heterocycles. The van der Waals surface area contributed by atoms with Crippen LogP contribution in [-0.2, 0) is 16.6 Å². The Bertz CT molecular complexity index is 517. The van der Waals surface area contributed by atoms with E-state index in [1.807, 2.05) is 0 Å². The summed E-state index contributed by atoms with van der Waals surface area (Å²) in [4.78, 5) is 10.0. The quantitative estimate of drug-likeness (QED) is 0.465. The Hall–Kier alpha value is -1.18. The van der Waals surface area contributed by atoms with Crippen LogP contribution in [0.4, 0.5) is 5.69 Å². The average Bonchev–Trinajstić information content (AvgIpc) is 2.29. The van der Waals surface area contributed by atoms with E-state index in [0.29, 0.717) is 5.56 Å². The molecule has 0 saturated heterocycles. The fourth-order valence-corrected chi connectivity index (χ4v) is 2.22. The lowest BCUT2D eigenvalue weighted by atomic mass is 10.2. The molecule has 0 heterocycles. The van der Waals surface area contributed by atoms with Gasteiger partial charge in [-0.25, -0.2) is 8.42 Å². The maximum atomic E-state index is 11.4. The molecule has 8 heteroatoms. The second kappa shape index (κ2) is 5.44. The Kier molecular flexibility index (Phi) is 4.44. The number of hydrogen-bond donors (Lipinski definition) is 0. The topological polar surface area (TPSA) is 80.5 Å². The maximum absolute atomic E-state index is 11.4. The van der Waals surface area contributed by atoms with Crippen molar-refractivity contribution < 1.29 is 13.3 Å². The highest BCUT2D eigenvalue weighted by Gasteiger charge is 2.17. The van der Waals surface area contributed by atoms with Crippen LogP contribution in [0.25, 0.3) is 0 Å². The molecule has 0 radical (unpaired) electrons. The molecule has 17 heavy (non-hydrogen) atoms. The first kappa shape index (κ1) is 13.9. The minimum Gasteiger partial charge on any atom is -0.258 e. The summed E-state index contributed by atoms with van der Waals surface area (Å²) >= 11 is 5.30. The van der Waals surface area contributed by atoms with E-state index < -0.39 is 20.2 Å². The Labute approximate surface area is 104 Å². The van der Waals surface area contributed by atoms with Gasteiger partial charge in [0.1, 0.15) is 5.21 Å². The second-order valence-corrected chi connectivity index (χ2v) is 6.06. The third-order valence-electron chi connectivity index (χ3n) is 2.14. The van der Waals surface area contributed by atoms with Crippen molar-refractivity contribution in [1.82, 2.24) is 4.31 Å². The van der Waals surface area contributed by atoms with Gasteiger partial charge < -0.3 is 0 Å². The van der Waals surface area contributed by atoms with E-state index in [9.17, 15) is 18.5 Å². The molecule has 1 rings (SSSR count). The number of nitro groups is 1. The molecular formula is C9H11ClN2O4S. The summed E-state index contributed by atoms with van der Waals surface area (Å²) in [7, 11) is -2.13. The Balaban J connectivity index is 2.89. The van der Waals surface area contributed by atoms with Crippen LogP contribution in [0.3, 0.4) is 0 Å². The number of rotatable bonds is 5. The number of nitrogens with zero attached hydrogens (tertiary/aromatic N) is 2. The number of benzene rings is 1. The SMILES string of the molecule is CN(Cc1cccc([N+](=O)[O-])c1)S(=O)(=O)CCl. The van der Waals surface area contributed by atoms with Crippen molar-refractivity contribution in [2.45, 2.75) is 6.54 Å². The lowest BCUT2D eigenvalue weighted by Crippen LogP contribution is -2.27. The highest BCUT2D eigenvalue weighted by molar-refractivity contribution is 7.90. The van der Waals surface area contributed by atoms with Crippen LogP contribution in [0.2, 0.25) is 0 Å². The average molecular weight is 279 g/mol. The van der Waals surface area contributed by atoms with Gasteiger partial charge >= 0.3 is 0 Å². The van der Waals surface area contributed by atoms with Crippen molar-refractivity contribution >= 4 is 27.3 Å². The first-order valence-corrected chi connectivity index (χ1v) is 6.74. The highest BCUT2D eigenvalue weighted by atomic mass is 35.5. The van der Waals surface area contributed by atoms with Crippen molar-refractivity contribution in [1.29, 1.82) is 0 Å². The molecule has 0 saturated carbocycles. The number of nitro benzene ring substituents is 1. The third-order valence-corrected chi connectivity index (χ3v) is 4.32. The number of halogens is 1. The zero-order chi connectivity index (χ0) is 13.1. The minimum absolute atomic E-state index is 0.0523. The molecule has 0 unspecified atom stereocenters. The zero-order valence-corrected chi connectivity index (χ0v) is 10.6. The van der Waals surface area contributed by atoms with Crippen LogP contribution >= 0.6 is 11.6 Å². The predicted octanol–water partition coefficient (Wildman–Crippen LogP) is 1.55. The molecule has 0 bridgehead atoms. The molecule has 0 aliphatic carbocycles. The van der Waals surface area contributed by atoms with Gasteiger partial charge in [0.25, 0.3) is 5.69 Å². The van der Waals surface area contributed by atoms with Gasteiger partial charge in [-0.05, 0) is 5.56 Å². The van der Waals surface area contributed by atoms with E-state index in [-0.39, 0.29) is 12.2 Å². The normalized spacial score (nSPS) is 11.7. The van der Waals surface area contributed by atoms with Crippen LogP contribution in [0.1, 0.15) is 5.56 Å². The molecule has 0 aliphatic heterocycles. The maximum Gasteiger partial charge on any atom is 0.269 e. The van der Waals surface area contributed by atoms with Crippen LogP contribution in [0.15, 0.2) is 24.3 Å². The standard InChI is InChI=1S/C9H11ClN2O4S/c1-11(17(15,16)7-10)6-8-3-2-4-9(5-8)12(13)14/h2-5H,6-7H2,1H3. The molecule has 0 aliphatic rings. The van der Waals surface area contributed by atoms with Gasteiger partial charge in [-0.3, -0.25) is 10.1 Å². The van der Waals surface area contributed by atoms with Crippen molar-refractivity contribution in [3.05, 3.63) is 39.9 Å². The van der Waals surface area contributed by atoms with E-state index in [4.69, 9.17) is 11.6 Å². The Morgan fingerprint density at radius 3 is 2.65 bits per heavy atom. The third kappa shape index (κ3) is 3.65. The van der Waals surface area contributed by atoms with E-state index >= 15 is 0 Å². The lowest BCUT2D eigenvalue weighted by molar-refractivity contribution is -0.384. The molecule has 1 aromatic rings. The largest absolute Gasteiger partial charge is 0.269 e. The molecule has 6 nitrogen and oxygen atoms in total. The van der Waals surface area contributed by atoms with Crippen molar-refractivity contribution in [3.8, 4) is 0 Å². The molecule has 0 amide bonds. The fraction of sp³-hybridized carbons (Fsp3) is 0.333. The summed E-state index contributed by atoms with van der Waals surface area (Å²) in [5.74, 6) is 0. The smallest absolute Gasteiger partial charge is 0.258 e. The minimum atomic E-state index is -3.50. The van der Waals surface area contributed by atoms with E-state index in [1.54, 1.807) is 6.07 Å². The van der Waals surface area contributed by atoms with Crippen LogP contribution in [0, 0.1) is 10.1 Å². The number of alkyl halides is 1. The van der Waals surface area contributed by atoms with Crippen molar-refractivity contribution in [2.75, 3.05) is 12.3 Å². The summed E-state index contributed by atoms with van der Waals surface area (Å²) in [6.45, 7) is 0.0523. The van der Waals surface area contributed by atoms with Crippen molar-refractivity contribution in [2.24, 2.45) is 0 Å². The summed E-state index contributed by atoms with van der Waals surface area (Å²) in [5, 5.41) is 10.0. The van der Waals surface area contributed by atoms with E-state index in [2.05, 4.69) is 0 Å². The second-order valence-electron chi connectivity index (χ2n) is 3.40. The number of sulfonamides is 1. The van der Waals surface area contributed by atoms with Gasteiger partial charge in [-0.2, -0.15) is 4.31 Å². The zero-order valence-electron chi connectivity index (χ0n) is 9.04. The van der Waals surface area contributed by atoms with Crippen LogP contribution in [0.5, 0.6) is 0 Å². The Morgan fingerprint density at radius 1 is 1.47 bits per heavy atom. The first-order chi connectivity index (χ1) is 7.86. The van der Waals surface area contributed by atoms with Gasteiger partial charge in [0.2, 0.25) is 10.0 Å². The lowest BCUT2D eigenvalue weighted by Gasteiger charge is -2.14. The summed E-state index contributed by atoms with van der Waals surface area (Å²) in [6.07, 6.45) is 0. The molecule has 1 aromatic carbocycles. The predicted molar refractivity (Wildman–Crippen MR) is 64.2 cm³/mol. The number of non-ortho nitro benzene ring substituents is 1. The van der Waals surface area contributed by atoms with Gasteiger partial charge in [0, 0.05) is 25.7 Å². The van der Waals surface area contributed by atoms with Gasteiger partial charge in [-0.1, -0.05) is 12.1 Å². The summed E-state index contributed by atoms with van der Waals surface area (Å²) in [6, 6.07) is 5.81. The molecule has 0 atom stereocenters. The van der Waals surface area contributed by atoms with E-state index in [0.717, 1.165) is 4.31 Å². The van der Waals surface area contributed by atoms with Crippen LogP contribution in [-0.4, -0.2) is 29.9 Å². The fourth-order valence-electron chi connectivity index (χ4n) is 1.21. The van der Waals surface area contributed by atoms with Crippen molar-refractivity contribution in [3.63, 3.8) is 0 Å². The summed E-state index contributed by atoms with van der Waals surface area (Å²) in [5.41, 5.74) is 0.467. The monoisotopic (exact) mass is 278 g/mol. The Morgan fingerprint density at radius 2 is 2.12 bits per heavy atom. The van der Waals surface area contributed by atoms with Gasteiger partial charge in [0.15, 0.2) is 0 Å². The van der Waals surface area contributed by atoms with Crippen LogP contribution < -0.4 is 0 Å². The highest BCUT2D eigenvalue weighted by Crippen LogP contribution is 2.15. The first-order valence-electron chi connectivity index (χ1n) is 4.60.